The van der Waals surface area contributed by atoms with Crippen LogP contribution in [0.3, 0.4) is 0 Å². The molecule has 0 aliphatic carbocycles. The van der Waals surface area contributed by atoms with Crippen molar-refractivity contribution < 1.29 is 27.5 Å². The number of fused-ring (bicyclic) bond motifs is 1. The van der Waals surface area contributed by atoms with Crippen LogP contribution >= 0.6 is 0 Å². The molecular weight excluding hydrogens is 530 g/mol. The van der Waals surface area contributed by atoms with E-state index in [-0.39, 0.29) is 23.3 Å². The molecule has 2 aliphatic rings. The van der Waals surface area contributed by atoms with Crippen LogP contribution in [0, 0.1) is 12.8 Å². The number of hydrogen-bond acceptors (Lipinski definition) is 6. The van der Waals surface area contributed by atoms with Crippen molar-refractivity contribution >= 4 is 33.2 Å². The lowest BCUT2D eigenvalue weighted by Crippen LogP contribution is -2.43. The molecule has 0 saturated carbocycles. The first-order valence-electron chi connectivity index (χ1n) is 13.3. The maximum Gasteiger partial charge on any atom is 0.258 e. The highest BCUT2D eigenvalue weighted by molar-refractivity contribution is 7.89. The Bertz CT molecular complexity index is 1540. The first kappa shape index (κ1) is 27.7. The summed E-state index contributed by atoms with van der Waals surface area (Å²) >= 11 is 0. The predicted octanol–water partition coefficient (Wildman–Crippen LogP) is 4.25. The first-order chi connectivity index (χ1) is 19.2. The van der Waals surface area contributed by atoms with Crippen molar-refractivity contribution in [3.05, 3.63) is 77.4 Å². The predicted molar refractivity (Wildman–Crippen MR) is 153 cm³/mol. The summed E-state index contributed by atoms with van der Waals surface area (Å²) in [5.74, 6) is 0.446. The summed E-state index contributed by atoms with van der Waals surface area (Å²) in [6.07, 6.45) is 1.90. The Labute approximate surface area is 234 Å². The number of carbonyl (C=O) groups excluding carboxylic acids is 2. The topological polar surface area (TPSA) is 105 Å². The minimum Gasteiger partial charge on any atom is -0.497 e. The van der Waals surface area contributed by atoms with Gasteiger partial charge in [-0.1, -0.05) is 6.07 Å². The second-order valence-corrected chi connectivity index (χ2v) is 12.0. The van der Waals surface area contributed by atoms with Crippen molar-refractivity contribution in [3.8, 4) is 11.5 Å². The number of benzene rings is 3. The number of piperidine rings is 1. The fraction of sp³-hybridized carbons (Fsp3) is 0.333. The van der Waals surface area contributed by atoms with Gasteiger partial charge in [-0.05, 0) is 91.9 Å². The molecule has 40 heavy (non-hydrogen) atoms. The third kappa shape index (κ3) is 5.41. The van der Waals surface area contributed by atoms with E-state index in [9.17, 15) is 18.0 Å². The molecule has 1 N–H and O–H groups in total. The zero-order chi connectivity index (χ0) is 28.4. The summed E-state index contributed by atoms with van der Waals surface area (Å²) in [4.78, 5) is 28.4. The normalized spacial score (nSPS) is 17.3. The molecule has 0 unspecified atom stereocenters. The number of sulfonamides is 1. The molecule has 2 amide bonds. The number of nitrogens with one attached hydrogen (secondary N) is 1. The molecule has 1 saturated heterocycles. The molecule has 5 rings (SSSR count). The highest BCUT2D eigenvalue weighted by Gasteiger charge is 2.34. The van der Waals surface area contributed by atoms with E-state index < -0.39 is 15.9 Å². The fourth-order valence-corrected chi connectivity index (χ4v) is 6.95. The van der Waals surface area contributed by atoms with E-state index in [1.54, 1.807) is 62.4 Å². The Balaban J connectivity index is 1.28. The molecule has 2 aliphatic heterocycles. The fourth-order valence-electron chi connectivity index (χ4n) is 5.34. The number of aryl methyl sites for hydroxylation is 1. The second kappa shape index (κ2) is 11.3. The highest BCUT2D eigenvalue weighted by Crippen LogP contribution is 2.33. The average molecular weight is 564 g/mol. The van der Waals surface area contributed by atoms with Gasteiger partial charge in [-0.2, -0.15) is 4.31 Å². The summed E-state index contributed by atoms with van der Waals surface area (Å²) in [5.41, 5.74) is 3.65. The molecule has 1 fully saturated rings. The molecule has 0 aromatic heterocycles. The van der Waals surface area contributed by atoms with Gasteiger partial charge in [-0.25, -0.2) is 8.42 Å². The average Bonchev–Trinajstić information content (AvgIpc) is 3.40. The molecule has 1 atom stereocenters. The number of ether oxygens (including phenoxy) is 2. The number of carbonyl (C=O) groups is 2. The molecule has 0 spiro atoms. The van der Waals surface area contributed by atoms with Crippen molar-refractivity contribution in [2.75, 3.05) is 44.1 Å². The Morgan fingerprint density at radius 2 is 1.73 bits per heavy atom. The molecular formula is C30H33N3O6S. The molecule has 3 aromatic carbocycles. The van der Waals surface area contributed by atoms with Crippen LogP contribution in [0.5, 0.6) is 11.5 Å². The van der Waals surface area contributed by atoms with E-state index in [0.29, 0.717) is 48.7 Å². The quantitative estimate of drug-likeness (QED) is 0.461. The smallest absolute Gasteiger partial charge is 0.258 e. The first-order valence-corrected chi connectivity index (χ1v) is 14.7. The molecule has 0 radical (unpaired) electrons. The van der Waals surface area contributed by atoms with Gasteiger partial charge in [0.1, 0.15) is 11.5 Å². The van der Waals surface area contributed by atoms with Crippen molar-refractivity contribution in [3.63, 3.8) is 0 Å². The van der Waals surface area contributed by atoms with Crippen molar-refractivity contribution in [2.24, 2.45) is 5.92 Å². The highest BCUT2D eigenvalue weighted by atomic mass is 32.2. The van der Waals surface area contributed by atoms with Gasteiger partial charge < -0.3 is 19.7 Å². The summed E-state index contributed by atoms with van der Waals surface area (Å²) in [6, 6.07) is 17.3. The van der Waals surface area contributed by atoms with Crippen LogP contribution < -0.4 is 19.7 Å². The molecule has 10 heteroatoms. The molecule has 210 valence electrons. The van der Waals surface area contributed by atoms with Gasteiger partial charge >= 0.3 is 0 Å². The lowest BCUT2D eigenvalue weighted by Gasteiger charge is -2.31. The van der Waals surface area contributed by atoms with Crippen LogP contribution in [0.25, 0.3) is 0 Å². The van der Waals surface area contributed by atoms with Crippen LogP contribution in [0.4, 0.5) is 11.4 Å². The van der Waals surface area contributed by atoms with Gasteiger partial charge in [0.25, 0.3) is 5.91 Å². The standard InChI is InChI=1S/C30H33N3O6S/c1-20-17-26(12-13-28(20)39-3)40(36,37)32-15-4-5-23(19-32)29(34)31-24-9-6-21-14-16-33(27(21)18-24)30(35)22-7-10-25(38-2)11-8-22/h6-13,17-18,23H,4-5,14-16,19H2,1-3H3,(H,31,34)/t23-/m0/s1. The van der Waals surface area contributed by atoms with Gasteiger partial charge in [-0.15, -0.1) is 0 Å². The largest absolute Gasteiger partial charge is 0.497 e. The van der Waals surface area contributed by atoms with Crippen molar-refractivity contribution in [1.82, 2.24) is 4.31 Å². The van der Waals surface area contributed by atoms with E-state index in [4.69, 9.17) is 9.47 Å². The van der Waals surface area contributed by atoms with Crippen LogP contribution in [-0.2, 0) is 21.2 Å². The van der Waals surface area contributed by atoms with Crippen LogP contribution in [0.2, 0.25) is 0 Å². The van der Waals surface area contributed by atoms with Crippen LogP contribution in [0.15, 0.2) is 65.6 Å². The third-order valence-corrected chi connectivity index (χ3v) is 9.45. The van der Waals surface area contributed by atoms with E-state index in [0.717, 1.165) is 23.2 Å². The second-order valence-electron chi connectivity index (χ2n) is 10.1. The van der Waals surface area contributed by atoms with E-state index in [1.807, 2.05) is 18.2 Å². The number of amides is 2. The number of nitrogens with zero attached hydrogens (tertiary/aromatic N) is 2. The Kier molecular flexibility index (Phi) is 7.82. The number of rotatable bonds is 7. The minimum atomic E-state index is -3.76. The summed E-state index contributed by atoms with van der Waals surface area (Å²) in [7, 11) is -0.637. The van der Waals surface area contributed by atoms with Gasteiger partial charge in [0.15, 0.2) is 0 Å². The minimum absolute atomic E-state index is 0.103. The molecule has 3 aromatic rings. The van der Waals surface area contributed by atoms with Crippen molar-refractivity contribution in [2.45, 2.75) is 31.1 Å². The van der Waals surface area contributed by atoms with Crippen LogP contribution in [-0.4, -0.2) is 58.4 Å². The Morgan fingerprint density at radius 3 is 2.42 bits per heavy atom. The van der Waals surface area contributed by atoms with Gasteiger partial charge in [-0.3, -0.25) is 9.59 Å². The third-order valence-electron chi connectivity index (χ3n) is 7.59. The number of anilines is 2. The van der Waals surface area contributed by atoms with E-state index in [1.165, 1.54) is 10.4 Å². The Morgan fingerprint density at radius 1 is 0.950 bits per heavy atom. The number of methoxy groups -OCH3 is 2. The van der Waals surface area contributed by atoms with Gasteiger partial charge in [0.2, 0.25) is 15.9 Å². The Hall–Kier alpha value is -3.89. The van der Waals surface area contributed by atoms with E-state index in [2.05, 4.69) is 5.32 Å². The summed E-state index contributed by atoms with van der Waals surface area (Å²) < 4.78 is 38.5. The maximum absolute atomic E-state index is 13.4. The van der Waals surface area contributed by atoms with Crippen molar-refractivity contribution in [1.29, 1.82) is 0 Å². The molecule has 9 nitrogen and oxygen atoms in total. The molecule has 2 heterocycles. The monoisotopic (exact) mass is 563 g/mol. The summed E-state index contributed by atoms with van der Waals surface area (Å²) in [5, 5.41) is 2.96. The van der Waals surface area contributed by atoms with Gasteiger partial charge in [0.05, 0.1) is 25.0 Å². The number of hydrogen-bond donors (Lipinski definition) is 1. The van der Waals surface area contributed by atoms with E-state index >= 15 is 0 Å². The SMILES string of the molecule is COc1ccc(C(=O)N2CCc3ccc(NC(=O)[C@H]4CCCN(S(=O)(=O)c5ccc(OC)c(C)c5)C4)cc32)cc1. The summed E-state index contributed by atoms with van der Waals surface area (Å²) in [6.45, 7) is 2.81. The lowest BCUT2D eigenvalue weighted by molar-refractivity contribution is -0.120. The van der Waals surface area contributed by atoms with Gasteiger partial charge in [0, 0.05) is 36.6 Å². The zero-order valence-electron chi connectivity index (χ0n) is 22.8. The van der Waals surface area contributed by atoms with Crippen LogP contribution in [0.1, 0.15) is 34.3 Å². The zero-order valence-corrected chi connectivity index (χ0v) is 23.7. The lowest BCUT2D eigenvalue weighted by atomic mass is 9.98. The maximum atomic E-state index is 13.4. The molecule has 0 bridgehead atoms.